The van der Waals surface area contributed by atoms with Crippen LogP contribution in [-0.4, -0.2) is 66.3 Å². The Morgan fingerprint density at radius 2 is 1.88 bits per heavy atom. The number of likely N-dealkylation sites (N-methyl/N-ethyl adjacent to an activating group) is 1. The van der Waals surface area contributed by atoms with Gasteiger partial charge in [0.05, 0.1) is 39.3 Å². The van der Waals surface area contributed by atoms with E-state index in [1.165, 1.54) is 23.6 Å². The van der Waals surface area contributed by atoms with Crippen molar-refractivity contribution in [3.63, 3.8) is 0 Å². The molecule has 13 heteroatoms. The first-order valence-corrected chi connectivity index (χ1v) is 13.6. The van der Waals surface area contributed by atoms with Gasteiger partial charge in [-0.25, -0.2) is 14.5 Å². The van der Waals surface area contributed by atoms with E-state index in [0.29, 0.717) is 17.8 Å². The third-order valence-electron chi connectivity index (χ3n) is 6.68. The Bertz CT molecular complexity index is 1620. The van der Waals surface area contributed by atoms with Crippen LogP contribution in [0.5, 0.6) is 0 Å². The average Bonchev–Trinajstić information content (AvgIpc) is 3.72. The SMILES string of the molecule is CCN(CC)C(C)CNC(=O)c1cc(-c2c[nH]nc2C(F)(F)F)nc(-c2cnn3ccc(-c4cccs4)nc23)c1. The summed E-state index contributed by atoms with van der Waals surface area (Å²) in [6.45, 7) is 8.12. The van der Waals surface area contributed by atoms with Crippen LogP contribution in [0.3, 0.4) is 0 Å². The number of nitrogens with one attached hydrogen (secondary N) is 2. The van der Waals surface area contributed by atoms with E-state index in [-0.39, 0.29) is 28.6 Å². The van der Waals surface area contributed by atoms with E-state index in [1.807, 2.05) is 44.4 Å². The van der Waals surface area contributed by atoms with Gasteiger partial charge in [-0.3, -0.25) is 14.8 Å². The Morgan fingerprint density at radius 1 is 1.12 bits per heavy atom. The average molecular weight is 569 g/mol. The number of pyridine rings is 1. The van der Waals surface area contributed by atoms with E-state index in [2.05, 4.69) is 30.5 Å². The van der Waals surface area contributed by atoms with E-state index in [9.17, 15) is 18.0 Å². The van der Waals surface area contributed by atoms with Crippen molar-refractivity contribution in [1.82, 2.24) is 40.0 Å². The molecule has 0 aromatic carbocycles. The molecular weight excluding hydrogens is 541 g/mol. The molecule has 0 aliphatic heterocycles. The van der Waals surface area contributed by atoms with Crippen molar-refractivity contribution >= 4 is 22.9 Å². The van der Waals surface area contributed by atoms with Crippen LogP contribution < -0.4 is 5.32 Å². The second-order valence-electron chi connectivity index (χ2n) is 9.17. The van der Waals surface area contributed by atoms with Crippen molar-refractivity contribution in [2.24, 2.45) is 0 Å². The van der Waals surface area contributed by atoms with Gasteiger partial charge in [-0.05, 0) is 49.7 Å². The Morgan fingerprint density at radius 3 is 2.55 bits per heavy atom. The number of hydrogen-bond donors (Lipinski definition) is 2. The first-order chi connectivity index (χ1) is 19.2. The second-order valence-corrected chi connectivity index (χ2v) is 10.1. The normalized spacial score (nSPS) is 12.8. The zero-order valence-electron chi connectivity index (χ0n) is 22.0. The number of aromatic amines is 1. The van der Waals surface area contributed by atoms with Crippen molar-refractivity contribution in [2.45, 2.75) is 33.0 Å². The van der Waals surface area contributed by atoms with Gasteiger partial charge in [0.1, 0.15) is 0 Å². The fraction of sp³-hybridized carbons (Fsp3) is 0.296. The van der Waals surface area contributed by atoms with Gasteiger partial charge in [0.25, 0.3) is 5.91 Å². The number of aromatic nitrogens is 6. The van der Waals surface area contributed by atoms with Gasteiger partial charge >= 0.3 is 6.18 Å². The van der Waals surface area contributed by atoms with Gasteiger partial charge < -0.3 is 5.32 Å². The van der Waals surface area contributed by atoms with Crippen LogP contribution in [0.2, 0.25) is 0 Å². The summed E-state index contributed by atoms with van der Waals surface area (Å²) >= 11 is 1.53. The van der Waals surface area contributed by atoms with E-state index in [4.69, 9.17) is 4.98 Å². The lowest BCUT2D eigenvalue weighted by Gasteiger charge is -2.26. The van der Waals surface area contributed by atoms with Crippen LogP contribution in [-0.2, 0) is 6.18 Å². The molecule has 0 spiro atoms. The topological polar surface area (TPSA) is 104 Å². The molecule has 0 bridgehead atoms. The lowest BCUT2D eigenvalue weighted by molar-refractivity contribution is -0.140. The van der Waals surface area contributed by atoms with Crippen LogP contribution in [0.1, 0.15) is 36.8 Å². The Hall–Kier alpha value is -4.10. The third-order valence-corrected chi connectivity index (χ3v) is 7.58. The highest BCUT2D eigenvalue weighted by Gasteiger charge is 2.37. The highest BCUT2D eigenvalue weighted by atomic mass is 32.1. The van der Waals surface area contributed by atoms with Gasteiger partial charge in [0, 0.05) is 30.5 Å². The third kappa shape index (κ3) is 5.47. The molecule has 208 valence electrons. The zero-order valence-corrected chi connectivity index (χ0v) is 22.8. The summed E-state index contributed by atoms with van der Waals surface area (Å²) in [5, 5.41) is 14.9. The van der Waals surface area contributed by atoms with E-state index in [1.54, 1.807) is 16.8 Å². The fourth-order valence-electron chi connectivity index (χ4n) is 4.57. The quantitative estimate of drug-likeness (QED) is 0.247. The summed E-state index contributed by atoms with van der Waals surface area (Å²) in [6, 6.07) is 8.66. The molecule has 5 aromatic rings. The maximum absolute atomic E-state index is 13.7. The standard InChI is InChI=1S/C27H27F3N8OS/c1-4-37(5-2)16(3)13-31-26(39)17-11-21(18-14-32-36-24(18)27(28,29)30)34-22(12-17)19-15-33-38-9-8-20(35-25(19)38)23-7-6-10-40-23/h6-12,14-16H,4-5,13H2,1-3H3,(H,31,39)(H,32,36). The number of H-pyrrole nitrogens is 1. The number of rotatable bonds is 9. The first kappa shape index (κ1) is 27.5. The monoisotopic (exact) mass is 568 g/mol. The molecule has 1 atom stereocenters. The molecule has 0 aliphatic rings. The molecule has 9 nitrogen and oxygen atoms in total. The van der Waals surface area contributed by atoms with E-state index >= 15 is 0 Å². The van der Waals surface area contributed by atoms with Crippen LogP contribution in [0, 0.1) is 0 Å². The predicted molar refractivity (Wildman–Crippen MR) is 147 cm³/mol. The minimum absolute atomic E-state index is 0.0470. The molecule has 0 aliphatic carbocycles. The Balaban J connectivity index is 1.59. The Labute approximate surface area is 232 Å². The molecule has 5 heterocycles. The number of nitrogens with zero attached hydrogens (tertiary/aromatic N) is 6. The molecule has 0 radical (unpaired) electrons. The molecular formula is C27H27F3N8OS. The zero-order chi connectivity index (χ0) is 28.4. The maximum atomic E-state index is 13.7. The fourth-order valence-corrected chi connectivity index (χ4v) is 5.26. The lowest BCUT2D eigenvalue weighted by atomic mass is 10.1. The largest absolute Gasteiger partial charge is 0.435 e. The van der Waals surface area contributed by atoms with E-state index in [0.717, 1.165) is 29.9 Å². The van der Waals surface area contributed by atoms with Gasteiger partial charge in [0.15, 0.2) is 11.3 Å². The Kier molecular flexibility index (Phi) is 7.68. The molecule has 0 saturated heterocycles. The minimum Gasteiger partial charge on any atom is -0.350 e. The molecule has 5 rings (SSSR count). The van der Waals surface area contributed by atoms with Gasteiger partial charge in [-0.2, -0.15) is 23.4 Å². The summed E-state index contributed by atoms with van der Waals surface area (Å²) in [7, 11) is 0. The summed E-state index contributed by atoms with van der Waals surface area (Å²) in [5.41, 5.74) is 0.657. The highest BCUT2D eigenvalue weighted by Crippen LogP contribution is 2.36. The lowest BCUT2D eigenvalue weighted by Crippen LogP contribution is -2.42. The van der Waals surface area contributed by atoms with Crippen molar-refractivity contribution in [1.29, 1.82) is 0 Å². The van der Waals surface area contributed by atoms with E-state index < -0.39 is 17.8 Å². The second kappa shape index (κ2) is 11.2. The van der Waals surface area contributed by atoms with Crippen LogP contribution in [0.25, 0.3) is 38.7 Å². The summed E-state index contributed by atoms with van der Waals surface area (Å²) in [6.07, 6.45) is -0.292. The molecule has 0 fully saturated rings. The van der Waals surface area contributed by atoms with Crippen molar-refractivity contribution < 1.29 is 18.0 Å². The summed E-state index contributed by atoms with van der Waals surface area (Å²) < 4.78 is 42.7. The van der Waals surface area contributed by atoms with Gasteiger partial charge in [-0.1, -0.05) is 19.9 Å². The molecule has 5 aromatic heterocycles. The number of thiophene rings is 1. The van der Waals surface area contributed by atoms with Crippen LogP contribution in [0.15, 0.2) is 54.3 Å². The number of amides is 1. The molecule has 40 heavy (non-hydrogen) atoms. The molecule has 0 saturated carbocycles. The number of fused-ring (bicyclic) bond motifs is 1. The van der Waals surface area contributed by atoms with Crippen molar-refractivity contribution in [2.75, 3.05) is 19.6 Å². The number of carbonyl (C=O) groups excluding carboxylic acids is 1. The number of alkyl halides is 3. The molecule has 1 amide bonds. The van der Waals surface area contributed by atoms with Gasteiger partial charge in [-0.15, -0.1) is 11.3 Å². The molecule has 1 unspecified atom stereocenters. The smallest absolute Gasteiger partial charge is 0.350 e. The number of halogens is 3. The predicted octanol–water partition coefficient (Wildman–Crippen LogP) is 5.39. The van der Waals surface area contributed by atoms with Crippen LogP contribution >= 0.6 is 11.3 Å². The van der Waals surface area contributed by atoms with Crippen molar-refractivity contribution in [3.05, 3.63) is 65.6 Å². The van der Waals surface area contributed by atoms with Crippen LogP contribution in [0.4, 0.5) is 13.2 Å². The van der Waals surface area contributed by atoms with Crippen molar-refractivity contribution in [3.8, 4) is 33.1 Å². The van der Waals surface area contributed by atoms with Gasteiger partial charge in [0.2, 0.25) is 0 Å². The number of hydrogen-bond acceptors (Lipinski definition) is 7. The highest BCUT2D eigenvalue weighted by molar-refractivity contribution is 7.13. The minimum atomic E-state index is -4.71. The number of carbonyl (C=O) groups is 1. The molecule has 2 N–H and O–H groups in total. The first-order valence-electron chi connectivity index (χ1n) is 12.7. The summed E-state index contributed by atoms with van der Waals surface area (Å²) in [5.74, 6) is -0.426. The summed E-state index contributed by atoms with van der Waals surface area (Å²) in [4.78, 5) is 25.7. The maximum Gasteiger partial charge on any atom is 0.435 e.